The molecular formula is C15H9ClF3N3O2S2. The number of nitrogens with zero attached hydrogens (tertiary/aromatic N) is 2. The maximum Gasteiger partial charge on any atom is 0.417 e. The summed E-state index contributed by atoms with van der Waals surface area (Å²) in [4.78, 5) is -0.659. The van der Waals surface area contributed by atoms with Crippen LogP contribution >= 0.6 is 23.8 Å². The van der Waals surface area contributed by atoms with Gasteiger partial charge in [-0.15, -0.1) is 0 Å². The largest absolute Gasteiger partial charge is 0.417 e. The van der Waals surface area contributed by atoms with Gasteiger partial charge in [0.25, 0.3) is 0 Å². The molecule has 3 rings (SSSR count). The second-order valence-corrected chi connectivity index (χ2v) is 7.91. The van der Waals surface area contributed by atoms with Gasteiger partial charge < -0.3 is 0 Å². The first-order chi connectivity index (χ1) is 12.1. The molecule has 0 bridgehead atoms. The standard InChI is InChI=1S/C15H9ClF3N3O2S2/c16-13-6-5-11(7-12(13)15(17,18)19)26(23,24)10-3-1-9(2-4-10)22-8-20-21-14(22)25/h1-8H,(H,21,25). The molecule has 3 aromatic rings. The summed E-state index contributed by atoms with van der Waals surface area (Å²) in [6.45, 7) is 0. The van der Waals surface area contributed by atoms with Gasteiger partial charge in [0.2, 0.25) is 9.84 Å². The molecule has 2 aromatic carbocycles. The Kier molecular flexibility index (Phi) is 4.67. The van der Waals surface area contributed by atoms with Crippen molar-refractivity contribution in [2.75, 3.05) is 0 Å². The van der Waals surface area contributed by atoms with Crippen LogP contribution in [0.2, 0.25) is 5.02 Å². The van der Waals surface area contributed by atoms with E-state index in [9.17, 15) is 21.6 Å². The molecule has 0 aliphatic carbocycles. The Morgan fingerprint density at radius 2 is 1.69 bits per heavy atom. The molecule has 0 saturated heterocycles. The maximum absolute atomic E-state index is 13.0. The minimum Gasteiger partial charge on any atom is -0.275 e. The van der Waals surface area contributed by atoms with E-state index in [0.717, 1.165) is 12.1 Å². The fourth-order valence-corrected chi connectivity index (χ4v) is 3.96. The molecule has 0 atom stereocenters. The normalized spacial score (nSPS) is 12.3. The number of H-pyrrole nitrogens is 1. The van der Waals surface area contributed by atoms with Gasteiger partial charge in [0.15, 0.2) is 4.77 Å². The Morgan fingerprint density at radius 3 is 2.23 bits per heavy atom. The first kappa shape index (κ1) is 18.6. The molecule has 1 heterocycles. The molecule has 0 saturated carbocycles. The number of rotatable bonds is 3. The number of hydrogen-bond donors (Lipinski definition) is 1. The zero-order valence-corrected chi connectivity index (χ0v) is 15.0. The molecule has 11 heteroatoms. The highest BCUT2D eigenvalue weighted by molar-refractivity contribution is 7.91. The molecule has 0 aliphatic rings. The highest BCUT2D eigenvalue weighted by atomic mass is 35.5. The number of nitrogens with one attached hydrogen (secondary N) is 1. The summed E-state index contributed by atoms with van der Waals surface area (Å²) in [5.74, 6) is 0. The van der Waals surface area contributed by atoms with E-state index in [-0.39, 0.29) is 4.90 Å². The molecule has 0 spiro atoms. The predicted octanol–water partition coefficient (Wildman–Crippen LogP) is 4.43. The molecule has 0 fully saturated rings. The van der Waals surface area contributed by atoms with E-state index in [0.29, 0.717) is 16.5 Å². The van der Waals surface area contributed by atoms with Crippen molar-refractivity contribution in [2.45, 2.75) is 16.0 Å². The zero-order chi connectivity index (χ0) is 19.1. The van der Waals surface area contributed by atoms with Gasteiger partial charge in [0.1, 0.15) is 6.33 Å². The van der Waals surface area contributed by atoms with Crippen molar-refractivity contribution in [3.05, 3.63) is 64.1 Å². The maximum atomic E-state index is 13.0. The lowest BCUT2D eigenvalue weighted by Gasteiger charge is -2.12. The summed E-state index contributed by atoms with van der Waals surface area (Å²) in [5.41, 5.74) is -0.656. The lowest BCUT2D eigenvalue weighted by atomic mass is 10.2. The van der Waals surface area contributed by atoms with Crippen LogP contribution in [0.5, 0.6) is 0 Å². The van der Waals surface area contributed by atoms with Crippen molar-refractivity contribution >= 4 is 33.7 Å². The van der Waals surface area contributed by atoms with Crippen molar-refractivity contribution in [1.82, 2.24) is 14.8 Å². The van der Waals surface area contributed by atoms with E-state index < -0.39 is 31.5 Å². The highest BCUT2D eigenvalue weighted by Crippen LogP contribution is 2.37. The number of benzene rings is 2. The van der Waals surface area contributed by atoms with Crippen molar-refractivity contribution in [3.8, 4) is 5.69 Å². The van der Waals surface area contributed by atoms with Crippen LogP contribution in [0.15, 0.2) is 58.6 Å². The predicted molar refractivity (Wildman–Crippen MR) is 90.7 cm³/mol. The van der Waals surface area contributed by atoms with E-state index in [2.05, 4.69) is 10.2 Å². The van der Waals surface area contributed by atoms with E-state index in [1.807, 2.05) is 0 Å². The van der Waals surface area contributed by atoms with Crippen LogP contribution in [-0.2, 0) is 16.0 Å². The summed E-state index contributed by atoms with van der Waals surface area (Å²) in [7, 11) is -4.15. The SMILES string of the molecule is O=S(=O)(c1ccc(-n2cn[nH]c2=S)cc1)c1ccc(Cl)c(C(F)(F)F)c1. The third-order valence-corrected chi connectivity index (χ3v) is 5.92. The van der Waals surface area contributed by atoms with E-state index >= 15 is 0 Å². The van der Waals surface area contributed by atoms with Crippen molar-refractivity contribution in [2.24, 2.45) is 0 Å². The van der Waals surface area contributed by atoms with Crippen LogP contribution in [0.4, 0.5) is 13.2 Å². The molecule has 0 unspecified atom stereocenters. The van der Waals surface area contributed by atoms with Crippen molar-refractivity contribution < 1.29 is 21.6 Å². The number of halogens is 4. The Balaban J connectivity index is 2.04. The minimum absolute atomic E-state index is 0.160. The van der Waals surface area contributed by atoms with Gasteiger partial charge >= 0.3 is 6.18 Å². The van der Waals surface area contributed by atoms with Crippen LogP contribution in [0.1, 0.15) is 5.56 Å². The number of alkyl halides is 3. The summed E-state index contributed by atoms with van der Waals surface area (Å²) in [6.07, 6.45) is -3.34. The summed E-state index contributed by atoms with van der Waals surface area (Å²) < 4.78 is 66.0. The molecule has 1 N–H and O–H groups in total. The van der Waals surface area contributed by atoms with Crippen LogP contribution in [0.25, 0.3) is 5.69 Å². The van der Waals surface area contributed by atoms with Gasteiger partial charge in [-0.25, -0.2) is 8.42 Å². The summed E-state index contributed by atoms with van der Waals surface area (Å²) in [6, 6.07) is 7.97. The second-order valence-electron chi connectivity index (χ2n) is 5.17. The minimum atomic E-state index is -4.76. The third-order valence-electron chi connectivity index (χ3n) is 3.53. The number of aromatic nitrogens is 3. The van der Waals surface area contributed by atoms with E-state index in [1.165, 1.54) is 35.2 Å². The highest BCUT2D eigenvalue weighted by Gasteiger charge is 2.34. The molecule has 26 heavy (non-hydrogen) atoms. The van der Waals surface area contributed by atoms with E-state index in [1.54, 1.807) is 0 Å². The number of aromatic amines is 1. The molecule has 0 aliphatic heterocycles. The van der Waals surface area contributed by atoms with Gasteiger partial charge in [-0.2, -0.15) is 18.3 Å². The van der Waals surface area contributed by atoms with E-state index in [4.69, 9.17) is 23.8 Å². The molecule has 5 nitrogen and oxygen atoms in total. The Bertz CT molecular complexity index is 1120. The summed E-state index contributed by atoms with van der Waals surface area (Å²) >= 11 is 10.6. The third kappa shape index (κ3) is 3.39. The fraction of sp³-hybridized carbons (Fsp3) is 0.0667. The lowest BCUT2D eigenvalue weighted by molar-refractivity contribution is -0.137. The molecular weight excluding hydrogens is 411 g/mol. The molecule has 0 amide bonds. The quantitative estimate of drug-likeness (QED) is 0.637. The number of hydrogen-bond acceptors (Lipinski definition) is 4. The van der Waals surface area contributed by atoms with Crippen LogP contribution < -0.4 is 0 Å². The average molecular weight is 420 g/mol. The van der Waals surface area contributed by atoms with Crippen molar-refractivity contribution in [1.29, 1.82) is 0 Å². The number of sulfone groups is 1. The van der Waals surface area contributed by atoms with Gasteiger partial charge in [-0.05, 0) is 54.7 Å². The first-order valence-electron chi connectivity index (χ1n) is 6.95. The molecule has 0 radical (unpaired) electrons. The Morgan fingerprint density at radius 1 is 1.08 bits per heavy atom. The van der Waals surface area contributed by atoms with Crippen molar-refractivity contribution in [3.63, 3.8) is 0 Å². The monoisotopic (exact) mass is 419 g/mol. The van der Waals surface area contributed by atoms with Gasteiger partial charge in [0.05, 0.1) is 20.4 Å². The summed E-state index contributed by atoms with van der Waals surface area (Å²) in [5, 5.41) is 5.74. The lowest BCUT2D eigenvalue weighted by Crippen LogP contribution is -2.09. The molecule has 1 aromatic heterocycles. The van der Waals surface area contributed by atoms with Gasteiger partial charge in [0, 0.05) is 5.69 Å². The zero-order valence-electron chi connectivity index (χ0n) is 12.7. The van der Waals surface area contributed by atoms with Gasteiger partial charge in [-0.1, -0.05) is 11.6 Å². The average Bonchev–Trinajstić information content (AvgIpc) is 3.00. The fourth-order valence-electron chi connectivity index (χ4n) is 2.24. The van der Waals surface area contributed by atoms with Crippen LogP contribution in [0, 0.1) is 4.77 Å². The molecule has 136 valence electrons. The van der Waals surface area contributed by atoms with Gasteiger partial charge in [-0.3, -0.25) is 9.67 Å². The second kappa shape index (κ2) is 6.53. The first-order valence-corrected chi connectivity index (χ1v) is 9.22. The Labute approximate surface area is 156 Å². The van der Waals surface area contributed by atoms with Crippen LogP contribution in [0.3, 0.4) is 0 Å². The Hall–Kier alpha value is -2.17. The topological polar surface area (TPSA) is 67.8 Å². The smallest absolute Gasteiger partial charge is 0.275 e. The van der Waals surface area contributed by atoms with Crippen LogP contribution in [-0.4, -0.2) is 23.2 Å².